The van der Waals surface area contributed by atoms with E-state index in [-0.39, 0.29) is 18.9 Å². The van der Waals surface area contributed by atoms with E-state index in [2.05, 4.69) is 12.1 Å². The van der Waals surface area contributed by atoms with Gasteiger partial charge in [0.05, 0.1) is 6.61 Å². The van der Waals surface area contributed by atoms with Gasteiger partial charge >= 0.3 is 6.03 Å². The molecule has 0 fully saturated rings. The molecule has 2 aromatic rings. The fourth-order valence-corrected chi connectivity index (χ4v) is 2.74. The van der Waals surface area contributed by atoms with Crippen molar-refractivity contribution in [1.82, 2.24) is 5.06 Å². The molecule has 0 radical (unpaired) electrons. The molecule has 2 aromatic carbocycles. The summed E-state index contributed by atoms with van der Waals surface area (Å²) in [5.74, 6) is -0.0285. The quantitative estimate of drug-likeness (QED) is 0.690. The maximum absolute atomic E-state index is 11.0. The van der Waals surface area contributed by atoms with Crippen molar-refractivity contribution in [2.24, 2.45) is 5.73 Å². The number of hydroxylamine groups is 2. The van der Waals surface area contributed by atoms with E-state index in [9.17, 15) is 9.59 Å². The summed E-state index contributed by atoms with van der Waals surface area (Å²) in [5.41, 5.74) is 9.59. The molecule has 0 bridgehead atoms. The first-order chi connectivity index (χ1) is 10.2. The van der Waals surface area contributed by atoms with Crippen LogP contribution in [0.4, 0.5) is 4.79 Å². The molecule has 1 aliphatic carbocycles. The van der Waals surface area contributed by atoms with E-state index in [0.29, 0.717) is 5.06 Å². The van der Waals surface area contributed by atoms with Crippen LogP contribution in [0.3, 0.4) is 0 Å². The van der Waals surface area contributed by atoms with Crippen molar-refractivity contribution >= 4 is 12.4 Å². The Balaban J connectivity index is 1.92. The van der Waals surface area contributed by atoms with Gasteiger partial charge in [-0.15, -0.1) is 5.06 Å². The zero-order valence-corrected chi connectivity index (χ0v) is 11.2. The molecule has 106 valence electrons. The molecule has 0 saturated heterocycles. The standard InChI is InChI=1S/C16H14N2O3/c17-16(20)18(10-19)21-9-15-13-7-3-1-5-11(13)12-6-2-4-8-14(12)15/h1-8,10,15H,9H2,(H2,17,20). The molecule has 0 unspecified atom stereocenters. The number of hydrogen-bond acceptors (Lipinski definition) is 3. The van der Waals surface area contributed by atoms with Gasteiger partial charge in [0.25, 0.3) is 0 Å². The minimum Gasteiger partial charge on any atom is -0.349 e. The first-order valence-corrected chi connectivity index (χ1v) is 6.57. The van der Waals surface area contributed by atoms with Gasteiger partial charge in [-0.2, -0.15) is 0 Å². The zero-order chi connectivity index (χ0) is 14.8. The van der Waals surface area contributed by atoms with Crippen molar-refractivity contribution < 1.29 is 14.4 Å². The lowest BCUT2D eigenvalue weighted by atomic mass is 9.98. The van der Waals surface area contributed by atoms with Crippen LogP contribution in [-0.4, -0.2) is 24.1 Å². The summed E-state index contributed by atoms with van der Waals surface area (Å²) in [6, 6.07) is 15.1. The fourth-order valence-electron chi connectivity index (χ4n) is 2.74. The normalized spacial score (nSPS) is 12.6. The van der Waals surface area contributed by atoms with Crippen LogP contribution >= 0.6 is 0 Å². The average molecular weight is 282 g/mol. The highest BCUT2D eigenvalue weighted by Gasteiger charge is 2.29. The van der Waals surface area contributed by atoms with Crippen LogP contribution in [0.2, 0.25) is 0 Å². The summed E-state index contributed by atoms with van der Waals surface area (Å²) in [4.78, 5) is 27.0. The first-order valence-electron chi connectivity index (χ1n) is 6.57. The summed E-state index contributed by atoms with van der Waals surface area (Å²) in [5, 5.41) is 0.517. The Morgan fingerprint density at radius 2 is 1.62 bits per heavy atom. The highest BCUT2D eigenvalue weighted by atomic mass is 16.7. The Kier molecular flexibility index (Phi) is 3.41. The smallest absolute Gasteiger partial charge is 0.345 e. The molecular weight excluding hydrogens is 268 g/mol. The largest absolute Gasteiger partial charge is 0.349 e. The van der Waals surface area contributed by atoms with E-state index in [1.165, 1.54) is 0 Å². The third-order valence-electron chi connectivity index (χ3n) is 3.66. The summed E-state index contributed by atoms with van der Waals surface area (Å²) in [6.07, 6.45) is 0.273. The Morgan fingerprint density at radius 1 is 1.10 bits per heavy atom. The maximum Gasteiger partial charge on any atom is 0.345 e. The minimum absolute atomic E-state index is 0.0285. The molecular formula is C16H14N2O3. The van der Waals surface area contributed by atoms with Gasteiger partial charge < -0.3 is 5.73 Å². The predicted octanol–water partition coefficient (Wildman–Crippen LogP) is 2.27. The number of nitrogens with two attached hydrogens (primary N) is 1. The zero-order valence-electron chi connectivity index (χ0n) is 11.2. The van der Waals surface area contributed by atoms with Crippen molar-refractivity contribution in [3.05, 3.63) is 59.7 Å². The van der Waals surface area contributed by atoms with Gasteiger partial charge in [0.15, 0.2) is 0 Å². The van der Waals surface area contributed by atoms with Crippen molar-refractivity contribution in [3.63, 3.8) is 0 Å². The van der Waals surface area contributed by atoms with Crippen molar-refractivity contribution in [2.45, 2.75) is 5.92 Å². The molecule has 2 N–H and O–H groups in total. The number of hydrogen-bond donors (Lipinski definition) is 1. The maximum atomic E-state index is 11.0. The minimum atomic E-state index is -0.926. The second-order valence-corrected chi connectivity index (χ2v) is 4.79. The first kappa shape index (κ1) is 13.3. The van der Waals surface area contributed by atoms with Crippen molar-refractivity contribution in [2.75, 3.05) is 6.61 Å². The van der Waals surface area contributed by atoms with Crippen LogP contribution in [0.15, 0.2) is 48.5 Å². The van der Waals surface area contributed by atoms with Crippen LogP contribution in [-0.2, 0) is 9.63 Å². The number of carbonyl (C=O) groups is 2. The Hall–Kier alpha value is -2.66. The van der Waals surface area contributed by atoms with E-state index >= 15 is 0 Å². The summed E-state index contributed by atoms with van der Waals surface area (Å²) in [7, 11) is 0. The predicted molar refractivity (Wildman–Crippen MR) is 77.2 cm³/mol. The number of rotatable bonds is 4. The number of urea groups is 1. The van der Waals surface area contributed by atoms with Crippen LogP contribution < -0.4 is 5.73 Å². The van der Waals surface area contributed by atoms with Crippen LogP contribution in [0, 0.1) is 0 Å². The number of fused-ring (bicyclic) bond motifs is 3. The lowest BCUT2D eigenvalue weighted by molar-refractivity contribution is -0.153. The molecule has 0 aromatic heterocycles. The molecule has 21 heavy (non-hydrogen) atoms. The molecule has 5 heteroatoms. The number of carbonyl (C=O) groups excluding carboxylic acids is 2. The van der Waals surface area contributed by atoms with Gasteiger partial charge in [-0.1, -0.05) is 48.5 Å². The van der Waals surface area contributed by atoms with E-state index < -0.39 is 6.03 Å². The number of imide groups is 1. The molecule has 0 spiro atoms. The lowest BCUT2D eigenvalue weighted by Crippen LogP contribution is -2.35. The fraction of sp³-hybridized carbons (Fsp3) is 0.125. The Bertz CT molecular complexity index is 654. The molecule has 3 rings (SSSR count). The van der Waals surface area contributed by atoms with E-state index in [1.807, 2.05) is 36.4 Å². The van der Waals surface area contributed by atoms with Gasteiger partial charge in [0, 0.05) is 5.92 Å². The van der Waals surface area contributed by atoms with Crippen molar-refractivity contribution in [3.8, 4) is 11.1 Å². The van der Waals surface area contributed by atoms with Gasteiger partial charge in [-0.05, 0) is 22.3 Å². The molecule has 0 heterocycles. The van der Waals surface area contributed by atoms with Crippen molar-refractivity contribution in [1.29, 1.82) is 0 Å². The highest BCUT2D eigenvalue weighted by molar-refractivity contribution is 5.81. The summed E-state index contributed by atoms with van der Waals surface area (Å²) < 4.78 is 0. The van der Waals surface area contributed by atoms with E-state index in [1.54, 1.807) is 0 Å². The lowest BCUT2D eigenvalue weighted by Gasteiger charge is -2.17. The average Bonchev–Trinajstić information content (AvgIpc) is 2.82. The number of nitrogens with zero attached hydrogens (tertiary/aromatic N) is 1. The third-order valence-corrected chi connectivity index (χ3v) is 3.66. The SMILES string of the molecule is NC(=O)N(C=O)OCC1c2ccccc2-c2ccccc21. The highest BCUT2D eigenvalue weighted by Crippen LogP contribution is 2.44. The van der Waals surface area contributed by atoms with Crippen LogP contribution in [0.25, 0.3) is 11.1 Å². The summed E-state index contributed by atoms with van der Waals surface area (Å²) >= 11 is 0. The number of amides is 3. The third kappa shape index (κ3) is 2.28. The van der Waals surface area contributed by atoms with Crippen LogP contribution in [0.1, 0.15) is 17.0 Å². The molecule has 0 aliphatic heterocycles. The Labute approximate surface area is 121 Å². The topological polar surface area (TPSA) is 72.6 Å². The van der Waals surface area contributed by atoms with Gasteiger partial charge in [-0.3, -0.25) is 9.63 Å². The second-order valence-electron chi connectivity index (χ2n) is 4.79. The monoisotopic (exact) mass is 282 g/mol. The van der Waals surface area contributed by atoms with Gasteiger partial charge in [-0.25, -0.2) is 4.79 Å². The van der Waals surface area contributed by atoms with E-state index in [4.69, 9.17) is 10.6 Å². The Morgan fingerprint density at radius 3 is 2.10 bits per heavy atom. The summed E-state index contributed by atoms with van der Waals surface area (Å²) in [6.45, 7) is 0.176. The van der Waals surface area contributed by atoms with E-state index in [0.717, 1.165) is 22.3 Å². The molecule has 3 amide bonds. The number of benzene rings is 2. The van der Waals surface area contributed by atoms with Gasteiger partial charge in [0.1, 0.15) is 0 Å². The molecule has 0 atom stereocenters. The molecule has 0 saturated carbocycles. The van der Waals surface area contributed by atoms with Gasteiger partial charge in [0.2, 0.25) is 6.41 Å². The van der Waals surface area contributed by atoms with Crippen LogP contribution in [0.5, 0.6) is 0 Å². The number of primary amides is 1. The second kappa shape index (κ2) is 5.38. The molecule has 1 aliphatic rings. The molecule has 5 nitrogen and oxygen atoms in total.